The van der Waals surface area contributed by atoms with Crippen LogP contribution >= 0.6 is 0 Å². The van der Waals surface area contributed by atoms with Crippen LogP contribution in [0.1, 0.15) is 0 Å². The molecule has 144 valence electrons. The molecule has 0 heterocycles. The molecule has 0 amide bonds. The molecule has 0 aliphatic heterocycles. The first-order valence-electron chi connectivity index (χ1n) is 4.79. The Balaban J connectivity index is 6.43. The van der Waals surface area contributed by atoms with E-state index in [4.69, 9.17) is 4.55 Å². The van der Waals surface area contributed by atoms with Gasteiger partial charge >= 0.3 is 51.3 Å². The van der Waals surface area contributed by atoms with Gasteiger partial charge in [0.05, 0.1) is 0 Å². The Morgan fingerprint density at radius 2 is 1.08 bits per heavy atom. The van der Waals surface area contributed by atoms with Crippen LogP contribution in [0.2, 0.25) is 0 Å². The summed E-state index contributed by atoms with van der Waals surface area (Å²) < 4.78 is 178. The lowest BCUT2D eigenvalue weighted by Gasteiger charge is -2.38. The van der Waals surface area contributed by atoms with E-state index in [9.17, 15) is 65.9 Å². The zero-order valence-electron chi connectivity index (χ0n) is 10.2. The van der Waals surface area contributed by atoms with Crippen LogP contribution in [0.4, 0.5) is 52.7 Å². The molecule has 0 aromatic carbocycles. The summed E-state index contributed by atoms with van der Waals surface area (Å²) in [6.45, 7) is 0. The number of carbonyl (C=O) groups is 1. The molecular formula is C7H2F12O4S. The number of hydrogen-bond donors (Lipinski definition) is 1. The Morgan fingerprint density at radius 1 is 0.750 bits per heavy atom. The largest absolute Gasteiger partial charge is 0.391 e. The molecule has 0 saturated heterocycles. The first-order chi connectivity index (χ1) is 10.1. The predicted molar refractivity (Wildman–Crippen MR) is 47.3 cm³/mol. The smallest absolute Gasteiger partial charge is 0.279 e. The van der Waals surface area contributed by atoms with Gasteiger partial charge in [0.1, 0.15) is 0 Å². The van der Waals surface area contributed by atoms with Crippen molar-refractivity contribution in [3.05, 3.63) is 0 Å². The fraction of sp³-hybridized carbons (Fsp3) is 0.857. The third kappa shape index (κ3) is 2.91. The maximum Gasteiger partial charge on any atom is 0.391 e. The number of alkyl halides is 12. The second kappa shape index (κ2) is 5.63. The maximum atomic E-state index is 12.9. The van der Waals surface area contributed by atoms with Crippen LogP contribution in [0.5, 0.6) is 0 Å². The lowest BCUT2D eigenvalue weighted by atomic mass is 9.95. The zero-order valence-corrected chi connectivity index (χ0v) is 11.0. The van der Waals surface area contributed by atoms with Crippen molar-refractivity contribution in [3.63, 3.8) is 0 Å². The van der Waals surface area contributed by atoms with E-state index >= 15 is 0 Å². The van der Waals surface area contributed by atoms with E-state index in [1.807, 2.05) is 0 Å². The van der Waals surface area contributed by atoms with Gasteiger partial charge in [-0.2, -0.15) is 52.3 Å². The maximum absolute atomic E-state index is 12.9. The predicted octanol–water partition coefficient (Wildman–Crippen LogP) is 2.84. The molecule has 0 rings (SSSR count). The first-order valence-corrected chi connectivity index (χ1v) is 6.23. The van der Waals surface area contributed by atoms with Crippen molar-refractivity contribution in [2.24, 2.45) is 0 Å². The standard InChI is InChI=1S/C7H2F12O4S/c8-1(9)3(10,11)5(14,15)7(18,19)6(16,17)4(12,13)2(20)24(21,22)23/h1H,(H,21,22,23). The lowest BCUT2D eigenvalue weighted by Crippen LogP contribution is -2.70. The van der Waals surface area contributed by atoms with Crippen molar-refractivity contribution in [3.8, 4) is 0 Å². The highest BCUT2D eigenvalue weighted by atomic mass is 32.2. The number of rotatable bonds is 6. The minimum Gasteiger partial charge on any atom is -0.279 e. The van der Waals surface area contributed by atoms with Crippen molar-refractivity contribution in [2.45, 2.75) is 36.0 Å². The Labute approximate surface area is 123 Å². The van der Waals surface area contributed by atoms with Gasteiger partial charge in [0, 0.05) is 0 Å². The van der Waals surface area contributed by atoms with Gasteiger partial charge in [0.15, 0.2) is 0 Å². The molecule has 0 spiro atoms. The van der Waals surface area contributed by atoms with Gasteiger partial charge in [-0.05, 0) is 0 Å². The summed E-state index contributed by atoms with van der Waals surface area (Å²) in [5.41, 5.74) is 0. The summed E-state index contributed by atoms with van der Waals surface area (Å²) >= 11 is 0. The molecule has 0 aliphatic carbocycles. The first kappa shape index (κ1) is 22.7. The van der Waals surface area contributed by atoms with Crippen molar-refractivity contribution < 1.29 is 70.5 Å². The molecule has 0 radical (unpaired) electrons. The number of carbonyl (C=O) groups excluding carboxylic acids is 1. The highest BCUT2D eigenvalue weighted by Crippen LogP contribution is 2.58. The van der Waals surface area contributed by atoms with Crippen LogP contribution in [0, 0.1) is 0 Å². The fourth-order valence-electron chi connectivity index (χ4n) is 1.03. The summed E-state index contributed by atoms with van der Waals surface area (Å²) in [5.74, 6) is -38.5. The third-order valence-electron chi connectivity index (χ3n) is 2.37. The van der Waals surface area contributed by atoms with E-state index in [1.165, 1.54) is 0 Å². The Morgan fingerprint density at radius 3 is 1.33 bits per heavy atom. The summed E-state index contributed by atoms with van der Waals surface area (Å²) in [6, 6.07) is 0. The van der Waals surface area contributed by atoms with Crippen molar-refractivity contribution >= 4 is 15.2 Å². The van der Waals surface area contributed by atoms with Crippen LogP contribution < -0.4 is 0 Å². The average molecular weight is 410 g/mol. The van der Waals surface area contributed by atoms with Gasteiger partial charge in [-0.1, -0.05) is 0 Å². The average Bonchev–Trinajstić information content (AvgIpc) is 2.35. The second-order valence-corrected chi connectivity index (χ2v) is 5.30. The minimum atomic E-state index is -8.05. The van der Waals surface area contributed by atoms with E-state index in [0.717, 1.165) is 0 Å². The Bertz CT molecular complexity index is 609. The Kier molecular flexibility index (Phi) is 5.34. The SMILES string of the molecule is O=C(C(F)(F)C(F)(F)C(F)(F)C(F)(F)C(F)(F)C(F)F)S(=O)(=O)O. The Hall–Kier alpha value is -1.26. The topological polar surface area (TPSA) is 71.4 Å². The second-order valence-electron chi connectivity index (χ2n) is 3.98. The van der Waals surface area contributed by atoms with Gasteiger partial charge in [-0.3, -0.25) is 9.35 Å². The summed E-state index contributed by atoms with van der Waals surface area (Å²) in [5, 5.41) is -4.45. The van der Waals surface area contributed by atoms with Gasteiger partial charge in [-0.15, -0.1) is 0 Å². The lowest BCUT2D eigenvalue weighted by molar-refractivity contribution is -0.406. The summed E-state index contributed by atoms with van der Waals surface area (Å²) in [7, 11) is -6.88. The van der Waals surface area contributed by atoms with Crippen LogP contribution in [-0.4, -0.2) is 54.1 Å². The summed E-state index contributed by atoms with van der Waals surface area (Å²) in [4.78, 5) is 10.3. The van der Waals surface area contributed by atoms with Crippen LogP contribution in [-0.2, 0) is 14.9 Å². The van der Waals surface area contributed by atoms with Crippen LogP contribution in [0.25, 0.3) is 0 Å². The van der Waals surface area contributed by atoms with E-state index in [1.54, 1.807) is 0 Å². The molecule has 24 heavy (non-hydrogen) atoms. The molecular weight excluding hydrogens is 408 g/mol. The number of halogens is 12. The number of hydrogen-bond acceptors (Lipinski definition) is 3. The van der Waals surface area contributed by atoms with E-state index in [0.29, 0.717) is 0 Å². The molecule has 0 bridgehead atoms. The molecule has 0 aromatic heterocycles. The van der Waals surface area contributed by atoms with Gasteiger partial charge in [0.25, 0.3) is 0 Å². The summed E-state index contributed by atoms with van der Waals surface area (Å²) in [6.07, 6.45) is -5.74. The highest BCUT2D eigenvalue weighted by molar-refractivity contribution is 8.01. The highest BCUT2D eigenvalue weighted by Gasteiger charge is 2.89. The normalized spacial score (nSPS) is 15.8. The molecule has 4 nitrogen and oxygen atoms in total. The molecule has 0 fully saturated rings. The van der Waals surface area contributed by atoms with Gasteiger partial charge in [-0.25, -0.2) is 8.78 Å². The van der Waals surface area contributed by atoms with Crippen molar-refractivity contribution in [1.82, 2.24) is 0 Å². The van der Waals surface area contributed by atoms with Gasteiger partial charge < -0.3 is 0 Å². The van der Waals surface area contributed by atoms with Crippen molar-refractivity contribution in [2.75, 3.05) is 0 Å². The van der Waals surface area contributed by atoms with Crippen LogP contribution in [0.15, 0.2) is 0 Å². The third-order valence-corrected chi connectivity index (χ3v) is 3.09. The zero-order chi connectivity index (χ0) is 20.2. The van der Waals surface area contributed by atoms with E-state index in [-0.39, 0.29) is 0 Å². The molecule has 17 heteroatoms. The molecule has 0 unspecified atom stereocenters. The molecule has 0 aliphatic rings. The van der Waals surface area contributed by atoms with E-state index in [2.05, 4.69) is 0 Å². The quantitative estimate of drug-likeness (QED) is 0.540. The van der Waals surface area contributed by atoms with Crippen molar-refractivity contribution in [1.29, 1.82) is 0 Å². The monoisotopic (exact) mass is 410 g/mol. The fourth-order valence-corrected chi connectivity index (χ4v) is 1.48. The molecule has 0 saturated carbocycles. The van der Waals surface area contributed by atoms with E-state index < -0.39 is 51.3 Å². The minimum absolute atomic E-state index is 4.45. The van der Waals surface area contributed by atoms with Gasteiger partial charge in [0.2, 0.25) is 0 Å². The molecule has 1 N–H and O–H groups in total. The molecule has 0 atom stereocenters. The molecule has 0 aromatic rings. The van der Waals surface area contributed by atoms with Crippen LogP contribution in [0.3, 0.4) is 0 Å².